The Morgan fingerprint density at radius 3 is 1.35 bits per heavy atom. The molecule has 0 atom stereocenters. The van der Waals surface area contributed by atoms with Gasteiger partial charge in [-0.3, -0.25) is 19.9 Å². The van der Waals surface area contributed by atoms with E-state index in [0.717, 1.165) is 35.6 Å². The van der Waals surface area contributed by atoms with Crippen LogP contribution in [0.3, 0.4) is 0 Å². The van der Waals surface area contributed by atoms with Gasteiger partial charge in [-0.2, -0.15) is 0 Å². The molecule has 0 amide bonds. The molecular weight excluding hydrogens is 416 g/mol. The normalized spacial score (nSPS) is 12.5. The van der Waals surface area contributed by atoms with Gasteiger partial charge in [0.05, 0.1) is 22.8 Å². The smallest absolute Gasteiger partial charge is 0.0548 e. The van der Waals surface area contributed by atoms with Gasteiger partial charge in [0.15, 0.2) is 0 Å². The van der Waals surface area contributed by atoms with Crippen molar-refractivity contribution in [1.29, 1.82) is 0 Å². The van der Waals surface area contributed by atoms with Crippen molar-refractivity contribution in [3.63, 3.8) is 0 Å². The van der Waals surface area contributed by atoms with Gasteiger partial charge in [0, 0.05) is 57.9 Å². The molecule has 4 heteroatoms. The van der Waals surface area contributed by atoms with Gasteiger partial charge in [0.2, 0.25) is 0 Å². The maximum atomic E-state index is 4.70. The molecule has 0 saturated carbocycles. The molecule has 6 rings (SSSR count). The van der Waals surface area contributed by atoms with Gasteiger partial charge >= 0.3 is 0 Å². The Labute approximate surface area is 202 Å². The summed E-state index contributed by atoms with van der Waals surface area (Å²) in [5, 5.41) is 0. The molecule has 0 unspecified atom stereocenters. The lowest BCUT2D eigenvalue weighted by molar-refractivity contribution is 1.00. The molecule has 2 aliphatic carbocycles. The first-order valence-electron chi connectivity index (χ1n) is 12.0. The first-order valence-corrected chi connectivity index (χ1v) is 12.0. The van der Waals surface area contributed by atoms with Crippen molar-refractivity contribution >= 4 is 0 Å². The highest BCUT2D eigenvalue weighted by Gasteiger charge is 2.24. The Balaban J connectivity index is 0.000000142. The second kappa shape index (κ2) is 8.12. The Hall–Kier alpha value is -3.40. The van der Waals surface area contributed by atoms with Gasteiger partial charge in [-0.05, 0) is 102 Å². The first kappa shape index (κ1) is 22.4. The Kier molecular flexibility index (Phi) is 5.35. The molecule has 4 aromatic heterocycles. The van der Waals surface area contributed by atoms with E-state index in [1.165, 1.54) is 67.3 Å². The fourth-order valence-corrected chi connectivity index (χ4v) is 5.08. The summed E-state index contributed by atoms with van der Waals surface area (Å²) in [4.78, 5) is 18.7. The van der Waals surface area contributed by atoms with E-state index in [0.29, 0.717) is 0 Å². The lowest BCUT2D eigenvalue weighted by atomic mass is 10.0. The van der Waals surface area contributed by atoms with Crippen LogP contribution in [0.5, 0.6) is 0 Å². The SMILES string of the molecule is Cc1cc(C)c2c(n1)Cc1nc(C)c(C)cc1-2.Cc1cc2c(nc1C)Cc1nc(C)c(C)cc1-2. The van der Waals surface area contributed by atoms with Gasteiger partial charge in [0.1, 0.15) is 0 Å². The summed E-state index contributed by atoms with van der Waals surface area (Å²) in [5.74, 6) is 0. The fourth-order valence-electron chi connectivity index (χ4n) is 5.08. The molecule has 0 aliphatic heterocycles. The number of hydrogen-bond donors (Lipinski definition) is 0. The Morgan fingerprint density at radius 2 is 0.853 bits per heavy atom. The van der Waals surface area contributed by atoms with Gasteiger partial charge in [-0.1, -0.05) is 0 Å². The first-order chi connectivity index (χ1) is 16.1. The zero-order valence-electron chi connectivity index (χ0n) is 21.5. The van der Waals surface area contributed by atoms with Crippen LogP contribution in [0.2, 0.25) is 0 Å². The number of rotatable bonds is 0. The summed E-state index contributed by atoms with van der Waals surface area (Å²) >= 11 is 0. The molecular formula is C30H32N4. The molecule has 0 N–H and O–H groups in total. The van der Waals surface area contributed by atoms with Crippen molar-refractivity contribution in [2.24, 2.45) is 0 Å². The summed E-state index contributed by atoms with van der Waals surface area (Å²) in [6.45, 7) is 16.8. The summed E-state index contributed by atoms with van der Waals surface area (Å²) in [5.41, 5.74) is 19.5. The molecule has 0 aromatic carbocycles. The van der Waals surface area contributed by atoms with E-state index in [4.69, 9.17) is 4.98 Å². The molecule has 2 aliphatic rings. The van der Waals surface area contributed by atoms with Crippen molar-refractivity contribution in [2.75, 3.05) is 0 Å². The molecule has 172 valence electrons. The molecule has 0 bridgehead atoms. The second-order valence-corrected chi connectivity index (χ2v) is 9.91. The zero-order chi connectivity index (χ0) is 24.3. The van der Waals surface area contributed by atoms with Crippen LogP contribution in [0.15, 0.2) is 24.3 Å². The molecule has 0 saturated heterocycles. The number of aryl methyl sites for hydroxylation is 8. The highest BCUT2D eigenvalue weighted by molar-refractivity contribution is 5.77. The number of nitrogens with zero attached hydrogens (tertiary/aromatic N) is 4. The summed E-state index contributed by atoms with van der Waals surface area (Å²) in [6, 6.07) is 8.91. The molecule has 0 fully saturated rings. The predicted molar refractivity (Wildman–Crippen MR) is 138 cm³/mol. The van der Waals surface area contributed by atoms with Gasteiger partial charge < -0.3 is 0 Å². The van der Waals surface area contributed by atoms with Crippen LogP contribution in [-0.4, -0.2) is 19.9 Å². The largest absolute Gasteiger partial charge is 0.257 e. The Morgan fingerprint density at radius 1 is 0.441 bits per heavy atom. The van der Waals surface area contributed by atoms with Gasteiger partial charge in [0.25, 0.3) is 0 Å². The highest BCUT2D eigenvalue weighted by atomic mass is 14.8. The third kappa shape index (κ3) is 3.71. The fraction of sp³-hybridized carbons (Fsp3) is 0.333. The minimum Gasteiger partial charge on any atom is -0.257 e. The molecule has 4 aromatic rings. The average molecular weight is 449 g/mol. The molecule has 4 nitrogen and oxygen atoms in total. The van der Waals surface area contributed by atoms with Crippen LogP contribution in [0.1, 0.15) is 67.8 Å². The summed E-state index contributed by atoms with van der Waals surface area (Å²) in [6.07, 6.45) is 1.77. The van der Waals surface area contributed by atoms with E-state index in [2.05, 4.69) is 94.6 Å². The van der Waals surface area contributed by atoms with Crippen LogP contribution in [-0.2, 0) is 12.8 Å². The van der Waals surface area contributed by atoms with Gasteiger partial charge in [-0.25, -0.2) is 0 Å². The van der Waals surface area contributed by atoms with E-state index in [9.17, 15) is 0 Å². The summed E-state index contributed by atoms with van der Waals surface area (Å²) in [7, 11) is 0. The second-order valence-electron chi connectivity index (χ2n) is 9.91. The predicted octanol–water partition coefficient (Wildman–Crippen LogP) is 6.56. The third-order valence-electron chi connectivity index (χ3n) is 7.28. The minimum absolute atomic E-state index is 0.882. The van der Waals surface area contributed by atoms with E-state index in [1.54, 1.807) is 0 Å². The van der Waals surface area contributed by atoms with Crippen LogP contribution in [0, 0.1) is 55.4 Å². The lowest BCUT2D eigenvalue weighted by Crippen LogP contribution is -1.94. The van der Waals surface area contributed by atoms with E-state index in [1.807, 2.05) is 0 Å². The monoisotopic (exact) mass is 448 g/mol. The molecule has 0 spiro atoms. The number of pyridine rings is 4. The topological polar surface area (TPSA) is 51.6 Å². The third-order valence-corrected chi connectivity index (χ3v) is 7.28. The average Bonchev–Trinajstić information content (AvgIpc) is 3.27. The van der Waals surface area contributed by atoms with Crippen molar-refractivity contribution in [2.45, 2.75) is 68.2 Å². The Bertz CT molecular complexity index is 1430. The highest BCUT2D eigenvalue weighted by Crippen LogP contribution is 2.38. The minimum atomic E-state index is 0.882. The van der Waals surface area contributed by atoms with Crippen LogP contribution in [0.4, 0.5) is 0 Å². The van der Waals surface area contributed by atoms with Gasteiger partial charge in [-0.15, -0.1) is 0 Å². The molecule has 34 heavy (non-hydrogen) atoms. The van der Waals surface area contributed by atoms with Crippen molar-refractivity contribution in [1.82, 2.24) is 19.9 Å². The maximum absolute atomic E-state index is 4.70. The lowest BCUT2D eigenvalue weighted by Gasteiger charge is -2.07. The number of hydrogen-bond acceptors (Lipinski definition) is 4. The van der Waals surface area contributed by atoms with Crippen LogP contribution in [0.25, 0.3) is 22.3 Å². The van der Waals surface area contributed by atoms with E-state index >= 15 is 0 Å². The van der Waals surface area contributed by atoms with Crippen LogP contribution >= 0.6 is 0 Å². The number of aromatic nitrogens is 4. The standard InChI is InChI=1S/2C15H16N2/c1-8-6-12-13(17-11(8)4)7-14-15(12)9(2)5-10(3)16-14;1-8-5-12-13-6-9(2)11(4)17-15(13)7-14(12)16-10(8)3/h2*5-6H,7H2,1-4H3. The summed E-state index contributed by atoms with van der Waals surface area (Å²) < 4.78 is 0. The quantitative estimate of drug-likeness (QED) is 0.264. The van der Waals surface area contributed by atoms with E-state index in [-0.39, 0.29) is 0 Å². The van der Waals surface area contributed by atoms with Crippen molar-refractivity contribution < 1.29 is 0 Å². The number of fused-ring (bicyclic) bond motifs is 6. The van der Waals surface area contributed by atoms with Crippen molar-refractivity contribution in [3.8, 4) is 22.3 Å². The van der Waals surface area contributed by atoms with Crippen LogP contribution < -0.4 is 0 Å². The molecule has 0 radical (unpaired) electrons. The maximum Gasteiger partial charge on any atom is 0.0548 e. The van der Waals surface area contributed by atoms with Crippen molar-refractivity contribution in [3.05, 3.63) is 92.1 Å². The van der Waals surface area contributed by atoms with E-state index < -0.39 is 0 Å². The zero-order valence-corrected chi connectivity index (χ0v) is 21.5. The molecule has 4 heterocycles.